The second kappa shape index (κ2) is 9.66. The predicted octanol–water partition coefficient (Wildman–Crippen LogP) is 0.664. The number of ether oxygens (including phenoxy) is 1. The standard InChI is InChI=1S/C20H28N4O4/c1-14-3-4-15(18(25)22-16-5-6-16)13-17(14)23-20(27)19(26)21-7-2-8-24-9-11-28-12-10-24/h3-4,13,16H,2,5-12H2,1H3,(H,21,26)(H,22,25)(H,23,27). The van der Waals surface area contributed by atoms with Gasteiger partial charge in [0.05, 0.1) is 13.2 Å². The molecule has 152 valence electrons. The van der Waals surface area contributed by atoms with E-state index < -0.39 is 11.8 Å². The van der Waals surface area contributed by atoms with Crippen LogP contribution in [0.1, 0.15) is 35.2 Å². The maximum Gasteiger partial charge on any atom is 0.313 e. The highest BCUT2D eigenvalue weighted by Gasteiger charge is 2.24. The van der Waals surface area contributed by atoms with Crippen molar-refractivity contribution in [3.63, 3.8) is 0 Å². The molecule has 3 amide bonds. The van der Waals surface area contributed by atoms with Crippen molar-refractivity contribution in [3.05, 3.63) is 29.3 Å². The summed E-state index contributed by atoms with van der Waals surface area (Å²) >= 11 is 0. The average molecular weight is 388 g/mol. The molecule has 1 saturated carbocycles. The Balaban J connectivity index is 1.44. The number of anilines is 1. The Labute approximate surface area is 165 Å². The average Bonchev–Trinajstić information content (AvgIpc) is 3.51. The molecule has 0 unspecified atom stereocenters. The summed E-state index contributed by atoms with van der Waals surface area (Å²) in [6.45, 7) is 6.40. The summed E-state index contributed by atoms with van der Waals surface area (Å²) in [5, 5.41) is 8.16. The van der Waals surface area contributed by atoms with E-state index in [0.29, 0.717) is 17.8 Å². The molecular formula is C20H28N4O4. The van der Waals surface area contributed by atoms with Crippen LogP contribution in [-0.2, 0) is 14.3 Å². The Morgan fingerprint density at radius 1 is 1.14 bits per heavy atom. The quantitative estimate of drug-likeness (QED) is 0.471. The summed E-state index contributed by atoms with van der Waals surface area (Å²) < 4.78 is 5.30. The van der Waals surface area contributed by atoms with E-state index in [0.717, 1.165) is 57.7 Å². The van der Waals surface area contributed by atoms with Gasteiger partial charge in [0.2, 0.25) is 0 Å². The molecule has 3 N–H and O–H groups in total. The first kappa shape index (κ1) is 20.3. The fraction of sp³-hybridized carbons (Fsp3) is 0.550. The number of amides is 3. The number of nitrogens with one attached hydrogen (secondary N) is 3. The Hall–Kier alpha value is -2.45. The van der Waals surface area contributed by atoms with Gasteiger partial charge < -0.3 is 20.7 Å². The Kier molecular flexibility index (Phi) is 7.00. The van der Waals surface area contributed by atoms with Gasteiger partial charge in [0.15, 0.2) is 0 Å². The molecule has 0 radical (unpaired) electrons. The van der Waals surface area contributed by atoms with Crippen LogP contribution in [-0.4, -0.2) is 68.1 Å². The fourth-order valence-corrected chi connectivity index (χ4v) is 2.98. The molecule has 1 aliphatic heterocycles. The minimum absolute atomic E-state index is 0.162. The van der Waals surface area contributed by atoms with Crippen LogP contribution in [0.4, 0.5) is 5.69 Å². The maximum atomic E-state index is 12.2. The van der Waals surface area contributed by atoms with Gasteiger partial charge in [-0.2, -0.15) is 0 Å². The maximum absolute atomic E-state index is 12.2. The van der Waals surface area contributed by atoms with Crippen molar-refractivity contribution in [1.82, 2.24) is 15.5 Å². The second-order valence-corrected chi connectivity index (χ2v) is 7.30. The first-order valence-electron chi connectivity index (χ1n) is 9.84. The Morgan fingerprint density at radius 3 is 2.61 bits per heavy atom. The van der Waals surface area contributed by atoms with Gasteiger partial charge in [0.25, 0.3) is 5.91 Å². The highest BCUT2D eigenvalue weighted by Crippen LogP contribution is 2.21. The van der Waals surface area contributed by atoms with Crippen LogP contribution >= 0.6 is 0 Å². The normalized spacial score (nSPS) is 17.0. The van der Waals surface area contributed by atoms with Gasteiger partial charge in [0.1, 0.15) is 0 Å². The largest absolute Gasteiger partial charge is 0.379 e. The van der Waals surface area contributed by atoms with Crippen LogP contribution in [0.5, 0.6) is 0 Å². The first-order chi connectivity index (χ1) is 13.5. The highest BCUT2D eigenvalue weighted by atomic mass is 16.5. The van der Waals surface area contributed by atoms with Crippen molar-refractivity contribution in [2.45, 2.75) is 32.2 Å². The van der Waals surface area contributed by atoms with Gasteiger partial charge >= 0.3 is 11.8 Å². The molecule has 1 heterocycles. The van der Waals surface area contributed by atoms with Crippen molar-refractivity contribution < 1.29 is 19.1 Å². The number of hydrogen-bond acceptors (Lipinski definition) is 5. The number of carbonyl (C=O) groups is 3. The molecule has 2 aliphatic rings. The Bertz CT molecular complexity index is 727. The van der Waals surface area contributed by atoms with Crippen LogP contribution in [0.25, 0.3) is 0 Å². The van der Waals surface area contributed by atoms with Crippen LogP contribution in [0.2, 0.25) is 0 Å². The van der Waals surface area contributed by atoms with E-state index in [-0.39, 0.29) is 11.9 Å². The van der Waals surface area contributed by atoms with Gasteiger partial charge in [-0.3, -0.25) is 19.3 Å². The molecule has 2 fully saturated rings. The van der Waals surface area contributed by atoms with Gasteiger partial charge in [0, 0.05) is 36.9 Å². The molecule has 1 aromatic rings. The summed E-state index contributed by atoms with van der Waals surface area (Å²) in [5.74, 6) is -1.56. The van der Waals surface area contributed by atoms with E-state index >= 15 is 0 Å². The third-order valence-electron chi connectivity index (χ3n) is 4.91. The number of morpholine rings is 1. The Morgan fingerprint density at radius 2 is 1.89 bits per heavy atom. The van der Waals surface area contributed by atoms with Crippen LogP contribution in [0.15, 0.2) is 18.2 Å². The summed E-state index contributed by atoms with van der Waals surface area (Å²) in [6.07, 6.45) is 2.79. The molecule has 0 atom stereocenters. The molecule has 1 aliphatic carbocycles. The number of nitrogens with zero attached hydrogens (tertiary/aromatic N) is 1. The third-order valence-corrected chi connectivity index (χ3v) is 4.91. The SMILES string of the molecule is Cc1ccc(C(=O)NC2CC2)cc1NC(=O)C(=O)NCCCN1CCOCC1. The molecule has 0 aromatic heterocycles. The smallest absolute Gasteiger partial charge is 0.313 e. The van der Waals surface area contributed by atoms with Crippen molar-refractivity contribution in [1.29, 1.82) is 0 Å². The van der Waals surface area contributed by atoms with Crippen molar-refractivity contribution in [3.8, 4) is 0 Å². The third kappa shape index (κ3) is 6.03. The van der Waals surface area contributed by atoms with Gasteiger partial charge in [-0.1, -0.05) is 6.07 Å². The second-order valence-electron chi connectivity index (χ2n) is 7.30. The number of aryl methyl sites for hydroxylation is 1. The van der Waals surface area contributed by atoms with Gasteiger partial charge in [-0.05, 0) is 50.4 Å². The van der Waals surface area contributed by atoms with Crippen molar-refractivity contribution in [2.24, 2.45) is 0 Å². The van der Waals surface area contributed by atoms with E-state index in [1.807, 2.05) is 6.92 Å². The van der Waals surface area contributed by atoms with Crippen molar-refractivity contribution >= 4 is 23.4 Å². The number of rotatable bonds is 7. The zero-order valence-corrected chi connectivity index (χ0v) is 16.3. The first-order valence-corrected chi connectivity index (χ1v) is 9.84. The molecular weight excluding hydrogens is 360 g/mol. The topological polar surface area (TPSA) is 99.8 Å². The zero-order valence-electron chi connectivity index (χ0n) is 16.3. The summed E-state index contributed by atoms with van der Waals surface area (Å²) in [7, 11) is 0. The van der Waals surface area contributed by atoms with Gasteiger partial charge in [-0.15, -0.1) is 0 Å². The van der Waals surface area contributed by atoms with E-state index in [4.69, 9.17) is 4.74 Å². The lowest BCUT2D eigenvalue weighted by Crippen LogP contribution is -2.40. The number of benzene rings is 1. The number of carbonyl (C=O) groups excluding carboxylic acids is 3. The molecule has 1 saturated heterocycles. The number of hydrogen-bond donors (Lipinski definition) is 3. The van der Waals surface area contributed by atoms with E-state index in [9.17, 15) is 14.4 Å². The van der Waals surface area contributed by atoms with E-state index in [1.54, 1.807) is 18.2 Å². The molecule has 8 nitrogen and oxygen atoms in total. The molecule has 8 heteroatoms. The molecule has 0 bridgehead atoms. The highest BCUT2D eigenvalue weighted by molar-refractivity contribution is 6.39. The van der Waals surface area contributed by atoms with Gasteiger partial charge in [-0.25, -0.2) is 0 Å². The predicted molar refractivity (Wildman–Crippen MR) is 105 cm³/mol. The van der Waals surface area contributed by atoms with Crippen LogP contribution < -0.4 is 16.0 Å². The van der Waals surface area contributed by atoms with Crippen LogP contribution in [0, 0.1) is 6.92 Å². The lowest BCUT2D eigenvalue weighted by Gasteiger charge is -2.26. The zero-order chi connectivity index (χ0) is 19.9. The van der Waals surface area contributed by atoms with Crippen LogP contribution in [0.3, 0.4) is 0 Å². The monoisotopic (exact) mass is 388 g/mol. The lowest BCUT2D eigenvalue weighted by atomic mass is 10.1. The fourth-order valence-electron chi connectivity index (χ4n) is 2.98. The lowest BCUT2D eigenvalue weighted by molar-refractivity contribution is -0.136. The summed E-state index contributed by atoms with van der Waals surface area (Å²) in [5.41, 5.74) is 1.73. The summed E-state index contributed by atoms with van der Waals surface area (Å²) in [4.78, 5) is 38.7. The van der Waals surface area contributed by atoms with E-state index in [1.165, 1.54) is 0 Å². The molecule has 28 heavy (non-hydrogen) atoms. The molecule has 1 aromatic carbocycles. The minimum Gasteiger partial charge on any atom is -0.379 e. The van der Waals surface area contributed by atoms with Crippen molar-refractivity contribution in [2.75, 3.05) is 44.7 Å². The molecule has 3 rings (SSSR count). The minimum atomic E-state index is -0.728. The van der Waals surface area contributed by atoms with E-state index in [2.05, 4.69) is 20.9 Å². The summed E-state index contributed by atoms with van der Waals surface area (Å²) in [6, 6.07) is 5.35. The molecule has 0 spiro atoms.